The van der Waals surface area contributed by atoms with Crippen LogP contribution < -0.4 is 0 Å². The summed E-state index contributed by atoms with van der Waals surface area (Å²) in [5, 5.41) is 5.93. The minimum atomic E-state index is 0.846. The summed E-state index contributed by atoms with van der Waals surface area (Å²) >= 11 is 0. The Morgan fingerprint density at radius 2 is 1.23 bits per heavy atom. The number of hydrogen-bond donors (Lipinski definition) is 0. The molecule has 5 aromatic heterocycles. The maximum atomic E-state index is 5.13. The first-order valence-corrected chi connectivity index (χ1v) is 13.4. The van der Waals surface area contributed by atoms with E-state index in [2.05, 4.69) is 111 Å². The summed E-state index contributed by atoms with van der Waals surface area (Å²) in [6.45, 7) is 0. The second-order valence-corrected chi connectivity index (χ2v) is 10.1. The monoisotopic (exact) mass is 511 g/mol. The summed E-state index contributed by atoms with van der Waals surface area (Å²) in [7, 11) is 0. The molecule has 0 amide bonds. The number of imidazole rings is 1. The Hall–Kier alpha value is -5.55. The average molecular weight is 512 g/mol. The molecular formula is C35H21N5. The Labute approximate surface area is 228 Å². The van der Waals surface area contributed by atoms with Crippen molar-refractivity contribution in [3.63, 3.8) is 0 Å². The zero-order valence-corrected chi connectivity index (χ0v) is 21.4. The van der Waals surface area contributed by atoms with Crippen molar-refractivity contribution in [2.45, 2.75) is 0 Å². The molecule has 0 radical (unpaired) electrons. The molecule has 0 spiro atoms. The highest BCUT2D eigenvalue weighted by molar-refractivity contribution is 6.26. The average Bonchev–Trinajstić information content (AvgIpc) is 3.58. The van der Waals surface area contributed by atoms with Gasteiger partial charge in [0.1, 0.15) is 11.5 Å². The minimum Gasteiger partial charge on any atom is -0.294 e. The minimum absolute atomic E-state index is 0.846. The maximum Gasteiger partial charge on any atom is 0.146 e. The number of fused-ring (bicyclic) bond motifs is 12. The lowest BCUT2D eigenvalue weighted by Gasteiger charge is -2.12. The number of pyridine rings is 3. The van der Waals surface area contributed by atoms with Gasteiger partial charge in [-0.3, -0.25) is 14.0 Å². The van der Waals surface area contributed by atoms with E-state index in [0.717, 1.165) is 55.8 Å². The summed E-state index contributed by atoms with van der Waals surface area (Å²) in [6.07, 6.45) is 1.81. The van der Waals surface area contributed by atoms with Gasteiger partial charge in [0.2, 0.25) is 0 Å². The number of aromatic nitrogens is 5. The molecule has 5 nitrogen and oxygen atoms in total. The largest absolute Gasteiger partial charge is 0.294 e. The van der Waals surface area contributed by atoms with Crippen LogP contribution in [0.4, 0.5) is 0 Å². The number of benzene rings is 4. The summed E-state index contributed by atoms with van der Waals surface area (Å²) in [6, 6.07) is 42.2. The number of para-hydroxylation sites is 3. The molecule has 9 rings (SSSR count). The fourth-order valence-corrected chi connectivity index (χ4v) is 6.29. The first kappa shape index (κ1) is 21.4. The Balaban J connectivity index is 1.50. The van der Waals surface area contributed by atoms with E-state index in [1.807, 2.05) is 24.3 Å². The predicted octanol–water partition coefficient (Wildman–Crippen LogP) is 8.35. The molecule has 0 bridgehead atoms. The van der Waals surface area contributed by atoms with E-state index in [9.17, 15) is 0 Å². The first-order valence-electron chi connectivity index (χ1n) is 13.4. The van der Waals surface area contributed by atoms with Crippen LogP contribution in [0, 0.1) is 0 Å². The number of nitrogens with zero attached hydrogens (tertiary/aromatic N) is 5. The van der Waals surface area contributed by atoms with Crippen LogP contribution in [-0.4, -0.2) is 23.9 Å². The molecule has 0 atom stereocenters. The third kappa shape index (κ3) is 2.83. The summed E-state index contributed by atoms with van der Waals surface area (Å²) in [5.41, 5.74) is 8.15. The molecule has 0 aliphatic carbocycles. The molecule has 0 saturated carbocycles. The summed E-state index contributed by atoms with van der Waals surface area (Å²) in [4.78, 5) is 14.8. The first-order chi connectivity index (χ1) is 19.9. The van der Waals surface area contributed by atoms with Gasteiger partial charge in [0.05, 0.1) is 39.0 Å². The SMILES string of the molecule is c1ccc(-c2cccc(-n3c4ccccc4c4c3ccc3c5ccccc5c5nc6ccccc6n5c34)n2)nc1. The van der Waals surface area contributed by atoms with Crippen molar-refractivity contribution in [2.75, 3.05) is 0 Å². The topological polar surface area (TPSA) is 48.0 Å². The maximum absolute atomic E-state index is 5.13. The van der Waals surface area contributed by atoms with Crippen LogP contribution in [0.1, 0.15) is 0 Å². The van der Waals surface area contributed by atoms with Gasteiger partial charge in [0, 0.05) is 27.7 Å². The lowest BCUT2D eigenvalue weighted by molar-refractivity contribution is 1.08. The highest BCUT2D eigenvalue weighted by Crippen LogP contribution is 2.41. The Morgan fingerprint density at radius 1 is 0.475 bits per heavy atom. The molecule has 40 heavy (non-hydrogen) atoms. The summed E-state index contributed by atoms with van der Waals surface area (Å²) in [5.74, 6) is 0.862. The zero-order chi connectivity index (χ0) is 26.2. The Kier molecular flexibility index (Phi) is 4.27. The van der Waals surface area contributed by atoms with Crippen LogP contribution in [0.25, 0.3) is 77.4 Å². The quantitative estimate of drug-likeness (QED) is 0.219. The van der Waals surface area contributed by atoms with Gasteiger partial charge in [0.25, 0.3) is 0 Å². The molecule has 4 aromatic carbocycles. The molecule has 0 N–H and O–H groups in total. The number of hydrogen-bond acceptors (Lipinski definition) is 3. The van der Waals surface area contributed by atoms with Gasteiger partial charge in [-0.15, -0.1) is 0 Å². The van der Waals surface area contributed by atoms with Crippen molar-refractivity contribution in [3.8, 4) is 17.2 Å². The predicted molar refractivity (Wildman–Crippen MR) is 163 cm³/mol. The van der Waals surface area contributed by atoms with Crippen LogP contribution in [0.15, 0.2) is 128 Å². The molecule has 5 heterocycles. The molecule has 0 aliphatic heterocycles. The van der Waals surface area contributed by atoms with E-state index >= 15 is 0 Å². The van der Waals surface area contributed by atoms with E-state index in [0.29, 0.717) is 0 Å². The second-order valence-electron chi connectivity index (χ2n) is 10.1. The third-order valence-electron chi connectivity index (χ3n) is 7.94. The molecule has 0 unspecified atom stereocenters. The molecule has 9 aromatic rings. The van der Waals surface area contributed by atoms with Crippen LogP contribution in [-0.2, 0) is 0 Å². The fourth-order valence-electron chi connectivity index (χ4n) is 6.29. The molecule has 0 saturated heterocycles. The number of rotatable bonds is 2. The van der Waals surface area contributed by atoms with E-state index in [-0.39, 0.29) is 0 Å². The van der Waals surface area contributed by atoms with Gasteiger partial charge in [-0.05, 0) is 53.9 Å². The third-order valence-corrected chi connectivity index (χ3v) is 7.94. The molecule has 0 aliphatic rings. The van der Waals surface area contributed by atoms with Crippen molar-refractivity contribution in [2.24, 2.45) is 0 Å². The van der Waals surface area contributed by atoms with Crippen LogP contribution in [0.5, 0.6) is 0 Å². The van der Waals surface area contributed by atoms with Crippen LogP contribution in [0.2, 0.25) is 0 Å². The van der Waals surface area contributed by atoms with Crippen molar-refractivity contribution < 1.29 is 0 Å². The lowest BCUT2D eigenvalue weighted by atomic mass is 10.0. The van der Waals surface area contributed by atoms with Crippen molar-refractivity contribution >= 4 is 60.2 Å². The normalized spacial score (nSPS) is 12.0. The smallest absolute Gasteiger partial charge is 0.146 e. The van der Waals surface area contributed by atoms with Gasteiger partial charge in [-0.1, -0.05) is 72.8 Å². The zero-order valence-electron chi connectivity index (χ0n) is 21.4. The molecule has 0 fully saturated rings. The van der Waals surface area contributed by atoms with E-state index in [4.69, 9.17) is 9.97 Å². The van der Waals surface area contributed by atoms with E-state index in [1.165, 1.54) is 21.5 Å². The van der Waals surface area contributed by atoms with Crippen LogP contribution in [0.3, 0.4) is 0 Å². The summed E-state index contributed by atoms with van der Waals surface area (Å²) < 4.78 is 4.63. The second kappa shape index (κ2) is 7.98. The van der Waals surface area contributed by atoms with Gasteiger partial charge < -0.3 is 0 Å². The molecule has 5 heteroatoms. The Bertz CT molecular complexity index is 2430. The highest BCUT2D eigenvalue weighted by atomic mass is 15.1. The Morgan fingerprint density at radius 3 is 2.10 bits per heavy atom. The van der Waals surface area contributed by atoms with Gasteiger partial charge in [-0.25, -0.2) is 9.97 Å². The molecule has 186 valence electrons. The fraction of sp³-hybridized carbons (Fsp3) is 0. The van der Waals surface area contributed by atoms with E-state index in [1.54, 1.807) is 6.20 Å². The van der Waals surface area contributed by atoms with Gasteiger partial charge in [0.15, 0.2) is 0 Å². The lowest BCUT2D eigenvalue weighted by Crippen LogP contribution is -1.99. The van der Waals surface area contributed by atoms with E-state index < -0.39 is 0 Å². The highest BCUT2D eigenvalue weighted by Gasteiger charge is 2.21. The van der Waals surface area contributed by atoms with Crippen molar-refractivity contribution in [1.29, 1.82) is 0 Å². The standard InChI is InChI=1S/C35H21N5/c1-2-11-24-22(10-1)23-19-20-31-33(34(23)40-30-17-6-4-14-28(30)38-35(24)40)25-12-3-5-16-29(25)39(31)32-18-9-15-27(37-32)26-13-7-8-21-36-26/h1-21H. The van der Waals surface area contributed by atoms with Crippen molar-refractivity contribution in [1.82, 2.24) is 23.9 Å². The van der Waals surface area contributed by atoms with Gasteiger partial charge in [-0.2, -0.15) is 0 Å². The van der Waals surface area contributed by atoms with Crippen LogP contribution >= 0.6 is 0 Å². The molecular weight excluding hydrogens is 490 g/mol. The van der Waals surface area contributed by atoms with Crippen molar-refractivity contribution in [3.05, 3.63) is 128 Å². The van der Waals surface area contributed by atoms with Gasteiger partial charge >= 0.3 is 0 Å².